The third kappa shape index (κ3) is 3.70. The van der Waals surface area contributed by atoms with Crippen molar-refractivity contribution >= 4 is 17.6 Å². The highest BCUT2D eigenvalue weighted by atomic mass is 16.4. The average molecular weight is 273 g/mol. The summed E-state index contributed by atoms with van der Waals surface area (Å²) in [5.41, 5.74) is 2.62. The molecule has 4 heteroatoms. The zero-order chi connectivity index (χ0) is 14.5. The van der Waals surface area contributed by atoms with Crippen LogP contribution in [-0.2, 0) is 4.79 Å². The Morgan fingerprint density at radius 3 is 2.75 bits per heavy atom. The van der Waals surface area contributed by atoms with Crippen molar-refractivity contribution in [1.29, 1.82) is 0 Å². The summed E-state index contributed by atoms with van der Waals surface area (Å²) in [6.07, 6.45) is 6.92. The van der Waals surface area contributed by atoms with Crippen LogP contribution in [0.4, 0.5) is 5.69 Å². The normalized spacial score (nSPS) is 14.6. The Bertz CT molecular complexity index is 561. The molecule has 2 rings (SSSR count). The zero-order valence-corrected chi connectivity index (χ0v) is 11.6. The standard InChI is InChI=1S/C16H19NO3/c1-11-7-8-13(10-14(11)16(19)20)17-15(18)9-12-5-3-2-4-6-12/h5,7-8,10H,2-4,6,9H2,1H3,(H,17,18)(H,19,20). The maximum absolute atomic E-state index is 11.9. The number of carbonyl (C=O) groups excluding carboxylic acids is 1. The summed E-state index contributed by atoms with van der Waals surface area (Å²) in [6, 6.07) is 4.94. The van der Waals surface area contributed by atoms with Gasteiger partial charge in [0.1, 0.15) is 0 Å². The smallest absolute Gasteiger partial charge is 0.336 e. The van der Waals surface area contributed by atoms with Crippen molar-refractivity contribution in [3.05, 3.63) is 41.0 Å². The van der Waals surface area contributed by atoms with E-state index in [1.807, 2.05) is 0 Å². The number of carboxylic acids is 1. The molecule has 0 spiro atoms. The maximum Gasteiger partial charge on any atom is 0.336 e. The first-order valence-electron chi connectivity index (χ1n) is 6.88. The lowest BCUT2D eigenvalue weighted by atomic mass is 9.97. The van der Waals surface area contributed by atoms with Gasteiger partial charge in [0.15, 0.2) is 0 Å². The summed E-state index contributed by atoms with van der Waals surface area (Å²) in [6.45, 7) is 1.74. The van der Waals surface area contributed by atoms with Gasteiger partial charge in [0.2, 0.25) is 5.91 Å². The molecule has 0 bridgehead atoms. The summed E-state index contributed by atoms with van der Waals surface area (Å²) in [5, 5.41) is 11.8. The molecule has 0 saturated heterocycles. The Balaban J connectivity index is 2.02. The molecule has 1 aromatic carbocycles. The van der Waals surface area contributed by atoms with Gasteiger partial charge in [-0.05, 0) is 50.3 Å². The summed E-state index contributed by atoms with van der Waals surface area (Å²) in [5.74, 6) is -1.06. The summed E-state index contributed by atoms with van der Waals surface area (Å²) in [4.78, 5) is 23.0. The molecule has 0 fully saturated rings. The van der Waals surface area contributed by atoms with Crippen LogP contribution in [0.15, 0.2) is 29.8 Å². The second-order valence-corrected chi connectivity index (χ2v) is 5.17. The molecular formula is C16H19NO3. The first-order chi connectivity index (χ1) is 9.56. The molecule has 0 unspecified atom stereocenters. The highest BCUT2D eigenvalue weighted by Crippen LogP contribution is 2.21. The van der Waals surface area contributed by atoms with Crippen molar-refractivity contribution in [2.24, 2.45) is 0 Å². The SMILES string of the molecule is Cc1ccc(NC(=O)CC2=CCCCC2)cc1C(=O)O. The number of hydrogen-bond acceptors (Lipinski definition) is 2. The van der Waals surface area contributed by atoms with Crippen LogP contribution >= 0.6 is 0 Å². The van der Waals surface area contributed by atoms with Gasteiger partial charge in [-0.2, -0.15) is 0 Å². The van der Waals surface area contributed by atoms with Crippen molar-refractivity contribution in [3.63, 3.8) is 0 Å². The minimum atomic E-state index is -0.978. The van der Waals surface area contributed by atoms with Gasteiger partial charge in [-0.25, -0.2) is 4.79 Å². The highest BCUT2D eigenvalue weighted by Gasteiger charge is 2.12. The van der Waals surface area contributed by atoms with Gasteiger partial charge in [0.05, 0.1) is 5.56 Å². The average Bonchev–Trinajstić information content (AvgIpc) is 2.41. The number of aromatic carboxylic acids is 1. The molecule has 1 amide bonds. The Kier molecular flexibility index (Phi) is 4.56. The number of nitrogens with one attached hydrogen (secondary N) is 1. The van der Waals surface area contributed by atoms with E-state index in [4.69, 9.17) is 5.11 Å². The van der Waals surface area contributed by atoms with Crippen molar-refractivity contribution in [3.8, 4) is 0 Å². The summed E-state index contributed by atoms with van der Waals surface area (Å²) >= 11 is 0. The Morgan fingerprint density at radius 2 is 2.10 bits per heavy atom. The highest BCUT2D eigenvalue weighted by molar-refractivity contribution is 5.95. The molecule has 0 atom stereocenters. The number of carbonyl (C=O) groups is 2. The fraction of sp³-hybridized carbons (Fsp3) is 0.375. The van der Waals surface area contributed by atoms with Crippen LogP contribution in [0.1, 0.15) is 48.0 Å². The molecule has 0 aliphatic heterocycles. The molecule has 2 N–H and O–H groups in total. The van der Waals surface area contributed by atoms with E-state index in [1.165, 1.54) is 18.1 Å². The van der Waals surface area contributed by atoms with Crippen LogP contribution in [0, 0.1) is 6.92 Å². The van der Waals surface area contributed by atoms with E-state index < -0.39 is 5.97 Å². The van der Waals surface area contributed by atoms with Crippen molar-refractivity contribution in [1.82, 2.24) is 0 Å². The predicted octanol–water partition coefficient (Wildman–Crippen LogP) is 3.52. The van der Waals surface area contributed by atoms with E-state index in [0.717, 1.165) is 19.3 Å². The third-order valence-corrected chi connectivity index (χ3v) is 3.52. The second kappa shape index (κ2) is 6.37. The molecule has 1 aliphatic carbocycles. The van der Waals surface area contributed by atoms with Crippen LogP contribution in [-0.4, -0.2) is 17.0 Å². The van der Waals surface area contributed by atoms with E-state index in [9.17, 15) is 9.59 Å². The summed E-state index contributed by atoms with van der Waals surface area (Å²) in [7, 11) is 0. The van der Waals surface area contributed by atoms with Crippen LogP contribution in [0.2, 0.25) is 0 Å². The molecule has 0 saturated carbocycles. The maximum atomic E-state index is 11.9. The van der Waals surface area contributed by atoms with E-state index in [0.29, 0.717) is 17.7 Å². The molecule has 0 aromatic heterocycles. The lowest BCUT2D eigenvalue weighted by molar-refractivity contribution is -0.115. The molecular weight excluding hydrogens is 254 g/mol. The minimum Gasteiger partial charge on any atom is -0.478 e. The van der Waals surface area contributed by atoms with Gasteiger partial charge in [0, 0.05) is 12.1 Å². The van der Waals surface area contributed by atoms with Gasteiger partial charge < -0.3 is 10.4 Å². The van der Waals surface area contributed by atoms with Gasteiger partial charge in [-0.1, -0.05) is 17.7 Å². The number of allylic oxidation sites excluding steroid dienone is 1. The fourth-order valence-corrected chi connectivity index (χ4v) is 2.41. The number of benzene rings is 1. The van der Waals surface area contributed by atoms with E-state index in [1.54, 1.807) is 19.1 Å². The monoisotopic (exact) mass is 273 g/mol. The second-order valence-electron chi connectivity index (χ2n) is 5.17. The fourth-order valence-electron chi connectivity index (χ4n) is 2.41. The van der Waals surface area contributed by atoms with Gasteiger partial charge in [-0.15, -0.1) is 0 Å². The summed E-state index contributed by atoms with van der Waals surface area (Å²) < 4.78 is 0. The lowest BCUT2D eigenvalue weighted by Gasteiger charge is -2.13. The number of amides is 1. The molecule has 106 valence electrons. The van der Waals surface area contributed by atoms with Crippen LogP contribution in [0.25, 0.3) is 0 Å². The van der Waals surface area contributed by atoms with Gasteiger partial charge in [-0.3, -0.25) is 4.79 Å². The number of aryl methyl sites for hydroxylation is 1. The first kappa shape index (κ1) is 14.3. The largest absolute Gasteiger partial charge is 0.478 e. The first-order valence-corrected chi connectivity index (χ1v) is 6.88. The Hall–Kier alpha value is -2.10. The van der Waals surface area contributed by atoms with Gasteiger partial charge in [0.25, 0.3) is 0 Å². The molecule has 20 heavy (non-hydrogen) atoms. The molecule has 4 nitrogen and oxygen atoms in total. The molecule has 1 aromatic rings. The molecule has 0 radical (unpaired) electrons. The zero-order valence-electron chi connectivity index (χ0n) is 11.6. The van der Waals surface area contributed by atoms with Crippen LogP contribution < -0.4 is 5.32 Å². The number of rotatable bonds is 4. The number of hydrogen-bond donors (Lipinski definition) is 2. The van der Waals surface area contributed by atoms with E-state index in [2.05, 4.69) is 11.4 Å². The topological polar surface area (TPSA) is 66.4 Å². The molecule has 1 aliphatic rings. The van der Waals surface area contributed by atoms with E-state index >= 15 is 0 Å². The Morgan fingerprint density at radius 1 is 1.30 bits per heavy atom. The predicted molar refractivity (Wildman–Crippen MR) is 77.9 cm³/mol. The van der Waals surface area contributed by atoms with Crippen molar-refractivity contribution in [2.45, 2.75) is 39.0 Å². The lowest BCUT2D eigenvalue weighted by Crippen LogP contribution is -2.13. The quantitative estimate of drug-likeness (QED) is 0.825. The number of anilines is 1. The third-order valence-electron chi connectivity index (χ3n) is 3.52. The van der Waals surface area contributed by atoms with Crippen LogP contribution in [0.3, 0.4) is 0 Å². The van der Waals surface area contributed by atoms with Crippen LogP contribution in [0.5, 0.6) is 0 Å². The van der Waals surface area contributed by atoms with Gasteiger partial charge >= 0.3 is 5.97 Å². The number of carboxylic acid groups (broad SMARTS) is 1. The molecule has 0 heterocycles. The van der Waals surface area contributed by atoms with E-state index in [-0.39, 0.29) is 11.5 Å². The van der Waals surface area contributed by atoms with Crippen molar-refractivity contribution in [2.75, 3.05) is 5.32 Å². The van der Waals surface area contributed by atoms with Crippen molar-refractivity contribution < 1.29 is 14.7 Å². The Labute approximate surface area is 118 Å². The minimum absolute atomic E-state index is 0.0849.